The minimum atomic E-state index is -3.52. The summed E-state index contributed by atoms with van der Waals surface area (Å²) in [5, 5.41) is 3.21. The van der Waals surface area contributed by atoms with Gasteiger partial charge in [0.2, 0.25) is 10.0 Å². The zero-order valence-corrected chi connectivity index (χ0v) is 17.1. The van der Waals surface area contributed by atoms with Crippen molar-refractivity contribution in [3.05, 3.63) is 48.0 Å². The van der Waals surface area contributed by atoms with Gasteiger partial charge in [-0.1, -0.05) is 17.4 Å². The van der Waals surface area contributed by atoms with Crippen LogP contribution in [-0.2, 0) is 10.0 Å². The Morgan fingerprint density at radius 3 is 2.48 bits per heavy atom. The van der Waals surface area contributed by atoms with Crippen molar-refractivity contribution in [3.63, 3.8) is 0 Å². The van der Waals surface area contributed by atoms with Crippen LogP contribution in [0.25, 0.3) is 10.2 Å². The molecule has 0 aliphatic rings. The summed E-state index contributed by atoms with van der Waals surface area (Å²) >= 11 is 1.24. The third-order valence-corrected chi connectivity index (χ3v) is 6.73. The standard InChI is InChI=1S/C18H20N4O3S2/c1-21(2)13-7-5-6-12(10-13)17(23)20-18-19-15-9-8-14(11-16(15)26-18)27(24,25)22(3)4/h5-11H,1-4H3,(H,19,20,23). The van der Waals surface area contributed by atoms with Crippen LogP contribution in [-0.4, -0.2) is 51.8 Å². The molecule has 1 amide bonds. The lowest BCUT2D eigenvalue weighted by molar-refractivity contribution is 0.102. The second kappa shape index (κ2) is 7.26. The normalized spacial score (nSPS) is 11.7. The molecule has 142 valence electrons. The minimum Gasteiger partial charge on any atom is -0.378 e. The van der Waals surface area contributed by atoms with Crippen molar-refractivity contribution in [2.24, 2.45) is 0 Å². The molecular weight excluding hydrogens is 384 g/mol. The molecule has 0 aliphatic carbocycles. The van der Waals surface area contributed by atoms with E-state index in [1.54, 1.807) is 24.3 Å². The summed E-state index contributed by atoms with van der Waals surface area (Å²) in [7, 11) is 3.27. The summed E-state index contributed by atoms with van der Waals surface area (Å²) in [6.07, 6.45) is 0. The van der Waals surface area contributed by atoms with Gasteiger partial charge in [-0.3, -0.25) is 10.1 Å². The molecule has 3 rings (SSSR count). The quantitative estimate of drug-likeness (QED) is 0.707. The number of carbonyl (C=O) groups is 1. The van der Waals surface area contributed by atoms with Crippen LogP contribution in [0, 0.1) is 0 Å². The Bertz CT molecular complexity index is 1100. The fourth-order valence-corrected chi connectivity index (χ4v) is 4.33. The van der Waals surface area contributed by atoms with Crippen LogP contribution in [0.15, 0.2) is 47.4 Å². The average molecular weight is 405 g/mol. The molecule has 0 spiro atoms. The number of nitrogens with zero attached hydrogens (tertiary/aromatic N) is 3. The molecule has 3 aromatic rings. The van der Waals surface area contributed by atoms with Gasteiger partial charge in [0.25, 0.3) is 5.91 Å². The number of benzene rings is 2. The number of hydrogen-bond donors (Lipinski definition) is 1. The molecule has 0 unspecified atom stereocenters. The predicted molar refractivity (Wildman–Crippen MR) is 109 cm³/mol. The van der Waals surface area contributed by atoms with E-state index in [1.807, 2.05) is 31.1 Å². The van der Waals surface area contributed by atoms with E-state index in [4.69, 9.17) is 0 Å². The van der Waals surface area contributed by atoms with Crippen molar-refractivity contribution in [2.75, 3.05) is 38.4 Å². The molecular formula is C18H20N4O3S2. The third-order valence-electron chi connectivity index (χ3n) is 3.98. The number of thiazole rings is 1. The molecule has 0 radical (unpaired) electrons. The fourth-order valence-electron chi connectivity index (χ4n) is 2.42. The smallest absolute Gasteiger partial charge is 0.257 e. The van der Waals surface area contributed by atoms with Gasteiger partial charge in [-0.2, -0.15) is 0 Å². The number of amides is 1. The van der Waals surface area contributed by atoms with E-state index in [2.05, 4.69) is 10.3 Å². The first-order valence-corrected chi connectivity index (χ1v) is 10.4. The second-order valence-electron chi connectivity index (χ2n) is 6.33. The van der Waals surface area contributed by atoms with Crippen molar-refractivity contribution in [1.82, 2.24) is 9.29 Å². The first-order valence-electron chi connectivity index (χ1n) is 8.10. The summed E-state index contributed by atoms with van der Waals surface area (Å²) in [5.41, 5.74) is 2.08. The van der Waals surface area contributed by atoms with Crippen LogP contribution in [0.4, 0.5) is 10.8 Å². The summed E-state index contributed by atoms with van der Waals surface area (Å²) in [6.45, 7) is 0. The third kappa shape index (κ3) is 3.95. The Morgan fingerprint density at radius 2 is 1.81 bits per heavy atom. The number of anilines is 2. The number of nitrogens with one attached hydrogen (secondary N) is 1. The maximum atomic E-state index is 12.5. The summed E-state index contributed by atoms with van der Waals surface area (Å²) in [5.74, 6) is -0.265. The first-order chi connectivity index (χ1) is 12.7. The molecule has 1 heterocycles. The van der Waals surface area contributed by atoms with E-state index >= 15 is 0 Å². The predicted octanol–water partition coefficient (Wildman–Crippen LogP) is 2.86. The van der Waals surface area contributed by atoms with E-state index in [1.165, 1.54) is 31.5 Å². The molecule has 2 aromatic carbocycles. The maximum Gasteiger partial charge on any atom is 0.257 e. The van der Waals surface area contributed by atoms with Gasteiger partial charge in [0.15, 0.2) is 5.13 Å². The van der Waals surface area contributed by atoms with E-state index in [0.717, 1.165) is 9.99 Å². The van der Waals surface area contributed by atoms with Crippen LogP contribution >= 0.6 is 11.3 Å². The van der Waals surface area contributed by atoms with Crippen molar-refractivity contribution >= 4 is 48.3 Å². The number of fused-ring (bicyclic) bond motifs is 1. The Labute approximate surface area is 162 Å². The monoisotopic (exact) mass is 404 g/mol. The largest absolute Gasteiger partial charge is 0.378 e. The maximum absolute atomic E-state index is 12.5. The topological polar surface area (TPSA) is 82.6 Å². The molecule has 0 bridgehead atoms. The molecule has 1 aromatic heterocycles. The second-order valence-corrected chi connectivity index (χ2v) is 9.52. The number of hydrogen-bond acceptors (Lipinski definition) is 6. The molecule has 0 saturated heterocycles. The summed E-state index contributed by atoms with van der Waals surface area (Å²) < 4.78 is 26.4. The lowest BCUT2D eigenvalue weighted by atomic mass is 10.2. The highest BCUT2D eigenvalue weighted by Gasteiger charge is 2.19. The Kier molecular flexibility index (Phi) is 5.18. The Hall–Kier alpha value is -2.49. The molecule has 1 N–H and O–H groups in total. The number of carbonyl (C=O) groups excluding carboxylic acids is 1. The van der Waals surface area contributed by atoms with Gasteiger partial charge in [0, 0.05) is 39.4 Å². The van der Waals surface area contributed by atoms with Crippen LogP contribution in [0.5, 0.6) is 0 Å². The first kappa shape index (κ1) is 19.3. The molecule has 0 aliphatic heterocycles. The highest BCUT2D eigenvalue weighted by molar-refractivity contribution is 7.89. The Balaban J connectivity index is 1.88. The number of rotatable bonds is 5. The zero-order valence-electron chi connectivity index (χ0n) is 15.4. The van der Waals surface area contributed by atoms with E-state index < -0.39 is 10.0 Å². The van der Waals surface area contributed by atoms with Crippen LogP contribution in [0.3, 0.4) is 0 Å². The van der Waals surface area contributed by atoms with Gasteiger partial charge in [-0.25, -0.2) is 17.7 Å². The van der Waals surface area contributed by atoms with Crippen molar-refractivity contribution in [1.29, 1.82) is 0 Å². The average Bonchev–Trinajstić information content (AvgIpc) is 3.02. The SMILES string of the molecule is CN(C)c1cccc(C(=O)Nc2nc3ccc(S(=O)(=O)N(C)C)cc3s2)c1. The van der Waals surface area contributed by atoms with Gasteiger partial charge in [0.05, 0.1) is 15.1 Å². The van der Waals surface area contributed by atoms with Gasteiger partial charge in [-0.05, 0) is 36.4 Å². The van der Waals surface area contributed by atoms with Gasteiger partial charge >= 0.3 is 0 Å². The van der Waals surface area contributed by atoms with Crippen LogP contribution < -0.4 is 10.2 Å². The van der Waals surface area contributed by atoms with E-state index in [9.17, 15) is 13.2 Å². The van der Waals surface area contributed by atoms with Crippen molar-refractivity contribution < 1.29 is 13.2 Å². The lowest BCUT2D eigenvalue weighted by Gasteiger charge is -2.13. The molecule has 0 atom stereocenters. The Morgan fingerprint density at radius 1 is 1.07 bits per heavy atom. The van der Waals surface area contributed by atoms with E-state index in [-0.39, 0.29) is 10.8 Å². The summed E-state index contributed by atoms with van der Waals surface area (Å²) in [6, 6.07) is 12.0. The van der Waals surface area contributed by atoms with Crippen LogP contribution in [0.1, 0.15) is 10.4 Å². The van der Waals surface area contributed by atoms with Crippen molar-refractivity contribution in [3.8, 4) is 0 Å². The number of aromatic nitrogens is 1. The van der Waals surface area contributed by atoms with Crippen molar-refractivity contribution in [2.45, 2.75) is 4.90 Å². The molecule has 27 heavy (non-hydrogen) atoms. The number of sulfonamides is 1. The molecule has 0 fully saturated rings. The van der Waals surface area contributed by atoms with E-state index in [0.29, 0.717) is 20.9 Å². The highest BCUT2D eigenvalue weighted by Crippen LogP contribution is 2.29. The highest BCUT2D eigenvalue weighted by atomic mass is 32.2. The van der Waals surface area contributed by atoms with Gasteiger partial charge in [0.1, 0.15) is 0 Å². The van der Waals surface area contributed by atoms with Gasteiger partial charge < -0.3 is 4.90 Å². The minimum absolute atomic E-state index is 0.195. The molecule has 9 heteroatoms. The van der Waals surface area contributed by atoms with Crippen LogP contribution in [0.2, 0.25) is 0 Å². The zero-order chi connectivity index (χ0) is 19.8. The molecule has 7 nitrogen and oxygen atoms in total. The lowest BCUT2D eigenvalue weighted by Crippen LogP contribution is -2.22. The summed E-state index contributed by atoms with van der Waals surface area (Å²) in [4.78, 5) is 19.0. The fraction of sp³-hybridized carbons (Fsp3) is 0.222. The van der Waals surface area contributed by atoms with Gasteiger partial charge in [-0.15, -0.1) is 0 Å². The molecule has 0 saturated carbocycles.